The van der Waals surface area contributed by atoms with Crippen LogP contribution in [0.25, 0.3) is 0 Å². The molecule has 0 aliphatic carbocycles. The minimum Gasteiger partial charge on any atom is -0.481 e. The Morgan fingerprint density at radius 1 is 1.64 bits per heavy atom. The molecular weight excluding hydrogens is 142 g/mol. The van der Waals surface area contributed by atoms with Gasteiger partial charge in [-0.05, 0) is 25.0 Å². The number of aromatic amines is 1. The maximum atomic E-state index is 10.5. The fourth-order valence-electron chi connectivity index (χ4n) is 1.05. The summed E-state index contributed by atoms with van der Waals surface area (Å²) in [4.78, 5) is 13.4. The summed E-state index contributed by atoms with van der Waals surface area (Å²) in [6.45, 7) is 3.57. The van der Waals surface area contributed by atoms with Gasteiger partial charge in [-0.3, -0.25) is 4.79 Å². The average Bonchev–Trinajstić information content (AvgIpc) is 2.33. The first-order valence-corrected chi connectivity index (χ1v) is 3.49. The lowest BCUT2D eigenvalue weighted by Crippen LogP contribution is -2.07. The van der Waals surface area contributed by atoms with E-state index in [1.807, 2.05) is 6.92 Å². The number of rotatable bonds is 2. The third-order valence-corrected chi connectivity index (χ3v) is 1.83. The van der Waals surface area contributed by atoms with Gasteiger partial charge in [0.05, 0.1) is 5.92 Å². The van der Waals surface area contributed by atoms with Crippen LogP contribution in [0.5, 0.6) is 0 Å². The summed E-state index contributed by atoms with van der Waals surface area (Å²) in [5, 5.41) is 8.66. The van der Waals surface area contributed by atoms with Crippen molar-refractivity contribution >= 4 is 5.97 Å². The summed E-state index contributed by atoms with van der Waals surface area (Å²) in [6.07, 6.45) is 3.53. The topological polar surface area (TPSA) is 53.1 Å². The summed E-state index contributed by atoms with van der Waals surface area (Å²) in [7, 11) is 0. The van der Waals surface area contributed by atoms with Crippen LogP contribution in [0.1, 0.15) is 24.0 Å². The van der Waals surface area contributed by atoms with E-state index in [0.717, 1.165) is 11.1 Å². The van der Waals surface area contributed by atoms with Crippen molar-refractivity contribution in [1.29, 1.82) is 0 Å². The van der Waals surface area contributed by atoms with Gasteiger partial charge in [0.15, 0.2) is 0 Å². The lowest BCUT2D eigenvalue weighted by Gasteiger charge is -2.03. The van der Waals surface area contributed by atoms with Crippen molar-refractivity contribution in [2.24, 2.45) is 0 Å². The van der Waals surface area contributed by atoms with Crippen LogP contribution in [0, 0.1) is 6.92 Å². The molecule has 0 fully saturated rings. The van der Waals surface area contributed by atoms with Crippen molar-refractivity contribution in [3.8, 4) is 0 Å². The Labute approximate surface area is 65.1 Å². The maximum absolute atomic E-state index is 10.5. The summed E-state index contributed by atoms with van der Waals surface area (Å²) < 4.78 is 0. The van der Waals surface area contributed by atoms with Gasteiger partial charge in [0.25, 0.3) is 0 Å². The molecule has 0 bridgehead atoms. The first-order chi connectivity index (χ1) is 5.13. The molecule has 0 radical (unpaired) electrons. The van der Waals surface area contributed by atoms with E-state index in [-0.39, 0.29) is 0 Å². The Hall–Kier alpha value is -1.25. The van der Waals surface area contributed by atoms with Crippen LogP contribution >= 0.6 is 0 Å². The van der Waals surface area contributed by atoms with Crippen molar-refractivity contribution < 1.29 is 9.90 Å². The molecule has 0 saturated heterocycles. The van der Waals surface area contributed by atoms with Gasteiger partial charge in [0.1, 0.15) is 0 Å². The van der Waals surface area contributed by atoms with E-state index in [9.17, 15) is 4.79 Å². The molecule has 1 unspecified atom stereocenters. The minimum atomic E-state index is -0.785. The van der Waals surface area contributed by atoms with Crippen LogP contribution in [-0.4, -0.2) is 16.1 Å². The highest BCUT2D eigenvalue weighted by atomic mass is 16.4. The van der Waals surface area contributed by atoms with Crippen LogP contribution in [0.2, 0.25) is 0 Å². The molecule has 1 heterocycles. The standard InChI is InChI=1S/C8H11NO2/c1-5-3-9-4-7(5)6(2)8(10)11/h3-4,6,9H,1-2H3,(H,10,11). The normalized spacial score (nSPS) is 12.9. The van der Waals surface area contributed by atoms with E-state index in [2.05, 4.69) is 4.98 Å². The number of carboxylic acids is 1. The Balaban J connectivity index is 2.92. The molecule has 0 aromatic carbocycles. The fourth-order valence-corrected chi connectivity index (χ4v) is 1.05. The average molecular weight is 153 g/mol. The van der Waals surface area contributed by atoms with Crippen molar-refractivity contribution in [3.63, 3.8) is 0 Å². The van der Waals surface area contributed by atoms with Crippen molar-refractivity contribution in [2.75, 3.05) is 0 Å². The highest BCUT2D eigenvalue weighted by Gasteiger charge is 2.15. The predicted molar refractivity (Wildman–Crippen MR) is 41.6 cm³/mol. The second-order valence-electron chi connectivity index (χ2n) is 2.65. The number of hydrogen-bond acceptors (Lipinski definition) is 1. The van der Waals surface area contributed by atoms with E-state index < -0.39 is 11.9 Å². The van der Waals surface area contributed by atoms with Crippen LogP contribution in [0.15, 0.2) is 12.4 Å². The minimum absolute atomic E-state index is 0.416. The maximum Gasteiger partial charge on any atom is 0.310 e. The third kappa shape index (κ3) is 1.42. The monoisotopic (exact) mass is 153 g/mol. The van der Waals surface area contributed by atoms with E-state index in [4.69, 9.17) is 5.11 Å². The number of carboxylic acid groups (broad SMARTS) is 1. The van der Waals surface area contributed by atoms with Crippen molar-refractivity contribution in [2.45, 2.75) is 19.8 Å². The smallest absolute Gasteiger partial charge is 0.310 e. The Bertz CT molecular complexity index is 265. The van der Waals surface area contributed by atoms with E-state index in [1.54, 1.807) is 19.3 Å². The van der Waals surface area contributed by atoms with E-state index in [1.165, 1.54) is 0 Å². The van der Waals surface area contributed by atoms with Crippen LogP contribution in [0.3, 0.4) is 0 Å². The summed E-state index contributed by atoms with van der Waals surface area (Å²) in [5.41, 5.74) is 1.86. The number of nitrogens with one attached hydrogen (secondary N) is 1. The van der Waals surface area contributed by atoms with E-state index in [0.29, 0.717) is 0 Å². The van der Waals surface area contributed by atoms with Gasteiger partial charge in [0, 0.05) is 12.4 Å². The van der Waals surface area contributed by atoms with Gasteiger partial charge in [0.2, 0.25) is 0 Å². The molecule has 3 nitrogen and oxygen atoms in total. The molecule has 1 rings (SSSR count). The van der Waals surface area contributed by atoms with E-state index >= 15 is 0 Å². The van der Waals surface area contributed by atoms with Gasteiger partial charge in [-0.25, -0.2) is 0 Å². The molecule has 60 valence electrons. The molecule has 0 aliphatic rings. The zero-order valence-corrected chi connectivity index (χ0v) is 6.59. The summed E-state index contributed by atoms with van der Waals surface area (Å²) >= 11 is 0. The number of aliphatic carboxylic acids is 1. The third-order valence-electron chi connectivity index (χ3n) is 1.83. The quantitative estimate of drug-likeness (QED) is 0.676. The second kappa shape index (κ2) is 2.78. The van der Waals surface area contributed by atoms with Crippen LogP contribution in [-0.2, 0) is 4.79 Å². The van der Waals surface area contributed by atoms with Crippen molar-refractivity contribution in [3.05, 3.63) is 23.5 Å². The predicted octanol–water partition coefficient (Wildman–Crippen LogP) is 1.51. The highest BCUT2D eigenvalue weighted by Crippen LogP contribution is 2.18. The van der Waals surface area contributed by atoms with Gasteiger partial charge >= 0.3 is 5.97 Å². The second-order valence-corrected chi connectivity index (χ2v) is 2.65. The molecule has 2 N–H and O–H groups in total. The molecular formula is C8H11NO2. The first-order valence-electron chi connectivity index (χ1n) is 3.49. The lowest BCUT2D eigenvalue weighted by molar-refractivity contribution is -0.138. The van der Waals surface area contributed by atoms with Crippen LogP contribution < -0.4 is 0 Å². The number of carbonyl (C=O) groups is 1. The molecule has 11 heavy (non-hydrogen) atoms. The SMILES string of the molecule is Cc1c[nH]cc1C(C)C(=O)O. The van der Waals surface area contributed by atoms with Crippen molar-refractivity contribution in [1.82, 2.24) is 4.98 Å². The van der Waals surface area contributed by atoms with Crippen LogP contribution in [0.4, 0.5) is 0 Å². The first kappa shape index (κ1) is 7.85. The Morgan fingerprint density at radius 3 is 2.64 bits per heavy atom. The highest BCUT2D eigenvalue weighted by molar-refractivity contribution is 5.75. The van der Waals surface area contributed by atoms with Gasteiger partial charge < -0.3 is 10.1 Å². The molecule has 0 spiro atoms. The zero-order chi connectivity index (χ0) is 8.43. The van der Waals surface area contributed by atoms with Gasteiger partial charge in [-0.2, -0.15) is 0 Å². The molecule has 1 atom stereocenters. The van der Waals surface area contributed by atoms with Gasteiger partial charge in [-0.1, -0.05) is 0 Å². The summed E-state index contributed by atoms with van der Waals surface area (Å²) in [5.74, 6) is -1.20. The Morgan fingerprint density at radius 2 is 2.27 bits per heavy atom. The zero-order valence-electron chi connectivity index (χ0n) is 6.59. The molecule has 0 saturated carbocycles. The number of aryl methyl sites for hydroxylation is 1. The lowest BCUT2D eigenvalue weighted by atomic mass is 10.0. The fraction of sp³-hybridized carbons (Fsp3) is 0.375. The molecule has 1 aromatic rings. The molecule has 3 heteroatoms. The molecule has 1 aromatic heterocycles. The van der Waals surface area contributed by atoms with Gasteiger partial charge in [-0.15, -0.1) is 0 Å². The largest absolute Gasteiger partial charge is 0.481 e. The number of H-pyrrole nitrogens is 1. The summed E-state index contributed by atoms with van der Waals surface area (Å²) in [6, 6.07) is 0. The Kier molecular flexibility index (Phi) is 1.98. The molecule has 0 aliphatic heterocycles. The molecule has 0 amide bonds. The number of aromatic nitrogens is 1. The number of hydrogen-bond donors (Lipinski definition) is 2.